The number of anilines is 1. The van der Waals surface area contributed by atoms with E-state index in [1.165, 1.54) is 0 Å². The van der Waals surface area contributed by atoms with E-state index >= 15 is 0 Å². The van der Waals surface area contributed by atoms with Gasteiger partial charge in [0.15, 0.2) is 0 Å². The van der Waals surface area contributed by atoms with Gasteiger partial charge in [0.1, 0.15) is 0 Å². The van der Waals surface area contributed by atoms with Crippen LogP contribution in [0.5, 0.6) is 0 Å². The van der Waals surface area contributed by atoms with Crippen molar-refractivity contribution in [3.8, 4) is 0 Å². The Balaban J connectivity index is 1.94. The number of thiophene rings is 1. The zero-order valence-electron chi connectivity index (χ0n) is 14.9. The van der Waals surface area contributed by atoms with E-state index in [9.17, 15) is 13.2 Å². The number of carbonyl (C=O) groups excluding carboxylic acids is 1. The predicted octanol–water partition coefficient (Wildman–Crippen LogP) is 3.52. The third-order valence-corrected chi connectivity index (χ3v) is 5.90. The fourth-order valence-corrected chi connectivity index (χ4v) is 4.55. The highest BCUT2D eigenvalue weighted by molar-refractivity contribution is 7.92. The molecule has 1 atom stereocenters. The maximum absolute atomic E-state index is 12.4. The van der Waals surface area contributed by atoms with Gasteiger partial charge in [-0.3, -0.25) is 9.52 Å². The molecule has 0 fully saturated rings. The first-order valence-corrected chi connectivity index (χ1v) is 11.1. The maximum atomic E-state index is 12.4. The largest absolute Gasteiger partial charge is 0.284 e. The first-order valence-electron chi connectivity index (χ1n) is 8.30. The normalized spacial score (nSPS) is 17.3. The second-order valence-corrected chi connectivity index (χ2v) is 8.98. The number of hydrazone groups is 1. The van der Waals surface area contributed by atoms with Crippen LogP contribution < -0.4 is 4.72 Å². The van der Waals surface area contributed by atoms with Gasteiger partial charge in [-0.25, -0.2) is 13.4 Å². The quantitative estimate of drug-likeness (QED) is 0.847. The van der Waals surface area contributed by atoms with Crippen molar-refractivity contribution in [1.82, 2.24) is 5.01 Å². The van der Waals surface area contributed by atoms with Crippen molar-refractivity contribution in [2.24, 2.45) is 5.10 Å². The standard InChI is InChI=1S/C18H21N3O3S2/c1-4-17(22)21-16(18-12(2)8-9-25-18)11-15(19-21)13-6-5-7-14(10-13)20-26(3,23)24/h5-10,16,20H,4,11H2,1-3H3. The van der Waals surface area contributed by atoms with Gasteiger partial charge in [0.25, 0.3) is 0 Å². The van der Waals surface area contributed by atoms with Gasteiger partial charge in [-0.2, -0.15) is 5.10 Å². The Kier molecular flexibility index (Phi) is 5.15. The smallest absolute Gasteiger partial charge is 0.243 e. The molecular weight excluding hydrogens is 370 g/mol. The van der Waals surface area contributed by atoms with E-state index in [4.69, 9.17) is 0 Å². The Morgan fingerprint density at radius 1 is 1.38 bits per heavy atom. The average molecular weight is 392 g/mol. The molecule has 138 valence electrons. The van der Waals surface area contributed by atoms with Crippen molar-refractivity contribution >= 4 is 38.7 Å². The molecule has 2 aromatic rings. The van der Waals surface area contributed by atoms with Crippen molar-refractivity contribution in [2.75, 3.05) is 11.0 Å². The van der Waals surface area contributed by atoms with Crippen LogP contribution in [0.3, 0.4) is 0 Å². The SMILES string of the molecule is CCC(=O)N1N=C(c2cccc(NS(C)(=O)=O)c2)CC1c1sccc1C. The molecule has 1 amide bonds. The van der Waals surface area contributed by atoms with Crippen LogP contribution in [0, 0.1) is 6.92 Å². The monoisotopic (exact) mass is 391 g/mol. The van der Waals surface area contributed by atoms with E-state index in [1.54, 1.807) is 34.5 Å². The minimum absolute atomic E-state index is 0.0248. The van der Waals surface area contributed by atoms with Crippen LogP contribution >= 0.6 is 11.3 Å². The summed E-state index contributed by atoms with van der Waals surface area (Å²) in [5, 5.41) is 8.17. The Hall–Kier alpha value is -2.19. The van der Waals surface area contributed by atoms with Crippen LogP contribution in [0.15, 0.2) is 40.8 Å². The number of nitrogens with one attached hydrogen (secondary N) is 1. The van der Waals surface area contributed by atoms with E-state index in [0.29, 0.717) is 18.5 Å². The van der Waals surface area contributed by atoms with Crippen molar-refractivity contribution in [1.29, 1.82) is 0 Å². The second kappa shape index (κ2) is 7.20. The summed E-state index contributed by atoms with van der Waals surface area (Å²) in [5.74, 6) is -0.0248. The van der Waals surface area contributed by atoms with Gasteiger partial charge in [-0.05, 0) is 41.6 Å². The van der Waals surface area contributed by atoms with Gasteiger partial charge < -0.3 is 0 Å². The molecule has 1 aromatic carbocycles. The van der Waals surface area contributed by atoms with E-state index < -0.39 is 10.0 Å². The van der Waals surface area contributed by atoms with Gasteiger partial charge in [0, 0.05) is 23.4 Å². The molecule has 1 aliphatic rings. The number of sulfonamides is 1. The number of amides is 1. The van der Waals surface area contributed by atoms with Crippen LogP contribution in [0.4, 0.5) is 5.69 Å². The van der Waals surface area contributed by atoms with Crippen LogP contribution in [0.2, 0.25) is 0 Å². The summed E-state index contributed by atoms with van der Waals surface area (Å²) in [4.78, 5) is 13.5. The minimum atomic E-state index is -3.35. The van der Waals surface area contributed by atoms with Crippen LogP contribution in [-0.4, -0.2) is 31.3 Å². The molecule has 6 nitrogen and oxygen atoms in total. The first-order chi connectivity index (χ1) is 12.3. The summed E-state index contributed by atoms with van der Waals surface area (Å²) in [6.45, 7) is 3.86. The third-order valence-electron chi connectivity index (χ3n) is 4.17. The lowest BCUT2D eigenvalue weighted by atomic mass is 10.0. The molecule has 0 bridgehead atoms. The van der Waals surface area contributed by atoms with Crippen molar-refractivity contribution in [2.45, 2.75) is 32.7 Å². The van der Waals surface area contributed by atoms with E-state index in [0.717, 1.165) is 28.0 Å². The molecule has 8 heteroatoms. The molecule has 1 unspecified atom stereocenters. The lowest BCUT2D eigenvalue weighted by Gasteiger charge is -2.20. The summed E-state index contributed by atoms with van der Waals surface area (Å²) >= 11 is 1.63. The molecule has 0 saturated carbocycles. The van der Waals surface area contributed by atoms with Gasteiger partial charge in [-0.15, -0.1) is 11.3 Å². The number of benzene rings is 1. The molecule has 26 heavy (non-hydrogen) atoms. The third kappa shape index (κ3) is 3.96. The molecule has 0 radical (unpaired) electrons. The van der Waals surface area contributed by atoms with Gasteiger partial charge in [0.2, 0.25) is 15.9 Å². The molecule has 1 aromatic heterocycles. The first kappa shape index (κ1) is 18.6. The maximum Gasteiger partial charge on any atom is 0.243 e. The average Bonchev–Trinajstić information content (AvgIpc) is 3.18. The molecule has 1 aliphatic heterocycles. The molecule has 2 heterocycles. The van der Waals surface area contributed by atoms with Gasteiger partial charge >= 0.3 is 0 Å². The predicted molar refractivity (Wildman–Crippen MR) is 105 cm³/mol. The highest BCUT2D eigenvalue weighted by atomic mass is 32.2. The summed E-state index contributed by atoms with van der Waals surface area (Å²) < 4.78 is 25.4. The fourth-order valence-electron chi connectivity index (χ4n) is 2.98. The van der Waals surface area contributed by atoms with E-state index in [-0.39, 0.29) is 11.9 Å². The van der Waals surface area contributed by atoms with Crippen molar-refractivity contribution in [3.05, 3.63) is 51.7 Å². The topological polar surface area (TPSA) is 78.8 Å². The summed E-state index contributed by atoms with van der Waals surface area (Å²) in [6, 6.07) is 9.03. The molecule has 3 rings (SSSR count). The van der Waals surface area contributed by atoms with Crippen molar-refractivity contribution in [3.63, 3.8) is 0 Å². The highest BCUT2D eigenvalue weighted by Crippen LogP contribution is 2.37. The van der Waals surface area contributed by atoms with Gasteiger partial charge in [0.05, 0.1) is 18.0 Å². The summed E-state index contributed by atoms with van der Waals surface area (Å²) in [6.07, 6.45) is 2.10. The molecule has 1 N–H and O–H groups in total. The van der Waals surface area contributed by atoms with Crippen LogP contribution in [0.25, 0.3) is 0 Å². The zero-order chi connectivity index (χ0) is 18.9. The van der Waals surface area contributed by atoms with E-state index in [2.05, 4.69) is 9.82 Å². The molecule has 0 saturated heterocycles. The Morgan fingerprint density at radius 3 is 2.77 bits per heavy atom. The van der Waals surface area contributed by atoms with Crippen LogP contribution in [-0.2, 0) is 14.8 Å². The van der Waals surface area contributed by atoms with Gasteiger partial charge in [-0.1, -0.05) is 19.1 Å². The molecule has 0 aliphatic carbocycles. The fraction of sp³-hybridized carbons (Fsp3) is 0.333. The highest BCUT2D eigenvalue weighted by Gasteiger charge is 2.33. The summed E-state index contributed by atoms with van der Waals surface area (Å²) in [5.41, 5.74) is 3.22. The number of nitrogens with zero attached hydrogens (tertiary/aromatic N) is 2. The lowest BCUT2D eigenvalue weighted by Crippen LogP contribution is -2.26. The van der Waals surface area contributed by atoms with Crippen LogP contribution in [0.1, 0.15) is 41.8 Å². The molecule has 0 spiro atoms. The Labute approximate surface area is 157 Å². The number of rotatable bonds is 5. The summed E-state index contributed by atoms with van der Waals surface area (Å²) in [7, 11) is -3.35. The van der Waals surface area contributed by atoms with E-state index in [1.807, 2.05) is 31.4 Å². The second-order valence-electron chi connectivity index (χ2n) is 6.28. The minimum Gasteiger partial charge on any atom is -0.284 e. The zero-order valence-corrected chi connectivity index (χ0v) is 16.5. The number of hydrogen-bond acceptors (Lipinski definition) is 5. The Bertz CT molecular complexity index is 964. The number of hydrogen-bond donors (Lipinski definition) is 1. The number of aryl methyl sites for hydroxylation is 1. The number of carbonyl (C=O) groups is 1. The lowest BCUT2D eigenvalue weighted by molar-refractivity contribution is -0.132. The Morgan fingerprint density at radius 2 is 2.15 bits per heavy atom. The molecular formula is C18H21N3O3S2. The van der Waals surface area contributed by atoms with Crippen molar-refractivity contribution < 1.29 is 13.2 Å².